The topological polar surface area (TPSA) is 152 Å². The van der Waals surface area contributed by atoms with E-state index in [4.69, 9.17) is 5.73 Å². The number of rotatable bonds is 5. The SMILES string of the molecule is CCNC(=O)Nc1nc2cc(-c3cnc(N)c(-c4nnnn4-c4cccc(F)c4F)c3)c(F)cc2[nH]1. The largest absolute Gasteiger partial charge is 0.383 e. The average Bonchev–Trinajstić information content (AvgIpc) is 3.47. The molecule has 0 saturated carbocycles. The van der Waals surface area contributed by atoms with Crippen LogP contribution >= 0.6 is 0 Å². The number of hydrogen-bond donors (Lipinski definition) is 4. The zero-order valence-corrected chi connectivity index (χ0v) is 18.6. The Morgan fingerprint density at radius 2 is 1.97 bits per heavy atom. The Kier molecular flexibility index (Phi) is 5.68. The first-order chi connectivity index (χ1) is 17.4. The Labute approximate surface area is 200 Å². The van der Waals surface area contributed by atoms with Gasteiger partial charge in [-0.25, -0.2) is 27.9 Å². The summed E-state index contributed by atoms with van der Waals surface area (Å²) < 4.78 is 44.2. The van der Waals surface area contributed by atoms with Crippen molar-refractivity contribution in [3.8, 4) is 28.2 Å². The highest BCUT2D eigenvalue weighted by molar-refractivity contribution is 5.91. The minimum Gasteiger partial charge on any atom is -0.383 e. The zero-order chi connectivity index (χ0) is 25.4. The zero-order valence-electron chi connectivity index (χ0n) is 18.6. The number of anilines is 2. The fourth-order valence-electron chi connectivity index (χ4n) is 3.60. The van der Waals surface area contributed by atoms with Crippen LogP contribution < -0.4 is 16.4 Å². The van der Waals surface area contributed by atoms with E-state index in [0.717, 1.165) is 10.7 Å². The van der Waals surface area contributed by atoms with Crippen molar-refractivity contribution in [1.82, 2.24) is 40.5 Å². The molecule has 11 nitrogen and oxygen atoms in total. The van der Waals surface area contributed by atoms with E-state index in [-0.39, 0.29) is 34.4 Å². The summed E-state index contributed by atoms with van der Waals surface area (Å²) in [5.74, 6) is -2.74. The molecule has 5 aromatic rings. The molecule has 0 aliphatic rings. The number of nitrogens with zero attached hydrogens (tertiary/aromatic N) is 6. The van der Waals surface area contributed by atoms with Crippen molar-refractivity contribution in [3.63, 3.8) is 0 Å². The van der Waals surface area contributed by atoms with Gasteiger partial charge in [0.1, 0.15) is 17.3 Å². The minimum atomic E-state index is -1.15. The van der Waals surface area contributed by atoms with E-state index in [1.807, 2.05) is 0 Å². The number of hydrogen-bond acceptors (Lipinski definition) is 7. The number of tetrazole rings is 1. The van der Waals surface area contributed by atoms with Gasteiger partial charge in [0, 0.05) is 29.9 Å². The molecule has 0 aliphatic heterocycles. The smallest absolute Gasteiger partial charge is 0.321 e. The minimum absolute atomic E-state index is 0.0127. The molecule has 0 saturated heterocycles. The number of nitrogens with one attached hydrogen (secondary N) is 3. The van der Waals surface area contributed by atoms with Crippen molar-refractivity contribution >= 4 is 28.8 Å². The van der Waals surface area contributed by atoms with Crippen LogP contribution in [0.25, 0.3) is 39.2 Å². The van der Waals surface area contributed by atoms with Gasteiger partial charge in [0.2, 0.25) is 5.95 Å². The van der Waals surface area contributed by atoms with Gasteiger partial charge in [-0.2, -0.15) is 4.68 Å². The average molecular weight is 494 g/mol. The molecule has 0 fully saturated rings. The van der Waals surface area contributed by atoms with Crippen LogP contribution in [0.3, 0.4) is 0 Å². The number of pyridine rings is 1. The summed E-state index contributed by atoms with van der Waals surface area (Å²) in [4.78, 5) is 23.0. The number of halogens is 3. The molecule has 3 heterocycles. The maximum Gasteiger partial charge on any atom is 0.321 e. The van der Waals surface area contributed by atoms with Gasteiger partial charge in [-0.3, -0.25) is 5.32 Å². The first-order valence-corrected chi connectivity index (χ1v) is 10.6. The highest BCUT2D eigenvalue weighted by Gasteiger charge is 2.20. The molecule has 2 amide bonds. The van der Waals surface area contributed by atoms with Gasteiger partial charge < -0.3 is 16.0 Å². The molecule has 0 bridgehead atoms. The Bertz CT molecular complexity index is 1610. The van der Waals surface area contributed by atoms with Gasteiger partial charge in [0.05, 0.1) is 16.6 Å². The lowest BCUT2D eigenvalue weighted by atomic mass is 10.0. The summed E-state index contributed by atoms with van der Waals surface area (Å²) in [6, 6.07) is 7.28. The molecule has 3 aromatic heterocycles. The molecule has 2 aromatic carbocycles. The molecular weight excluding hydrogens is 477 g/mol. The lowest BCUT2D eigenvalue weighted by Crippen LogP contribution is -2.28. The van der Waals surface area contributed by atoms with E-state index in [2.05, 4.69) is 41.1 Å². The fourth-order valence-corrected chi connectivity index (χ4v) is 3.60. The molecule has 0 spiro atoms. The molecule has 182 valence electrons. The fraction of sp³-hybridized carbons (Fsp3) is 0.0909. The molecule has 0 atom stereocenters. The number of carbonyl (C=O) groups excluding carboxylic acids is 1. The van der Waals surface area contributed by atoms with Gasteiger partial charge in [-0.05, 0) is 41.6 Å². The summed E-state index contributed by atoms with van der Waals surface area (Å²) in [7, 11) is 0. The number of urea groups is 1. The van der Waals surface area contributed by atoms with Crippen LogP contribution in [0.15, 0.2) is 42.6 Å². The van der Waals surface area contributed by atoms with Gasteiger partial charge in [0.25, 0.3) is 0 Å². The maximum absolute atomic E-state index is 15.1. The van der Waals surface area contributed by atoms with Crippen molar-refractivity contribution in [2.24, 2.45) is 0 Å². The lowest BCUT2D eigenvalue weighted by Gasteiger charge is -2.10. The van der Waals surface area contributed by atoms with Crippen LogP contribution in [0.5, 0.6) is 0 Å². The maximum atomic E-state index is 15.1. The van der Waals surface area contributed by atoms with Crippen LogP contribution in [-0.2, 0) is 0 Å². The molecule has 0 radical (unpaired) electrons. The van der Waals surface area contributed by atoms with Crippen molar-refractivity contribution in [3.05, 3.63) is 60.0 Å². The van der Waals surface area contributed by atoms with Crippen molar-refractivity contribution < 1.29 is 18.0 Å². The summed E-state index contributed by atoms with van der Waals surface area (Å²) in [5.41, 5.74) is 7.12. The van der Waals surface area contributed by atoms with Crippen LogP contribution in [0, 0.1) is 17.5 Å². The third-order valence-electron chi connectivity index (χ3n) is 5.24. The highest BCUT2D eigenvalue weighted by Crippen LogP contribution is 2.33. The second-order valence-corrected chi connectivity index (χ2v) is 7.56. The number of H-pyrrole nitrogens is 1. The van der Waals surface area contributed by atoms with Gasteiger partial charge in [-0.15, -0.1) is 5.10 Å². The third kappa shape index (κ3) is 4.04. The van der Waals surface area contributed by atoms with Crippen molar-refractivity contribution in [2.75, 3.05) is 17.6 Å². The first-order valence-electron chi connectivity index (χ1n) is 10.6. The number of carbonyl (C=O) groups is 1. The molecule has 5 rings (SSSR count). The number of aromatic nitrogens is 7. The molecule has 0 unspecified atom stereocenters. The van der Waals surface area contributed by atoms with Crippen LogP contribution in [0.2, 0.25) is 0 Å². The van der Waals surface area contributed by atoms with Gasteiger partial charge >= 0.3 is 6.03 Å². The van der Waals surface area contributed by atoms with E-state index >= 15 is 4.39 Å². The van der Waals surface area contributed by atoms with E-state index in [9.17, 15) is 13.6 Å². The number of benzene rings is 2. The van der Waals surface area contributed by atoms with E-state index in [1.54, 1.807) is 6.92 Å². The number of imidazole rings is 1. The van der Waals surface area contributed by atoms with E-state index in [0.29, 0.717) is 23.1 Å². The quantitative estimate of drug-likeness (QED) is 0.292. The Morgan fingerprint density at radius 1 is 1.14 bits per heavy atom. The predicted octanol–water partition coefficient (Wildman–Crippen LogP) is 3.41. The molecule has 0 aliphatic carbocycles. The number of nitrogens with two attached hydrogens (primary N) is 1. The van der Waals surface area contributed by atoms with Crippen molar-refractivity contribution in [1.29, 1.82) is 0 Å². The van der Waals surface area contributed by atoms with Gasteiger partial charge in [-0.1, -0.05) is 6.07 Å². The summed E-state index contributed by atoms with van der Waals surface area (Å²) in [6.45, 7) is 2.19. The Hall–Kier alpha value is -5.01. The lowest BCUT2D eigenvalue weighted by molar-refractivity contribution is 0.252. The third-order valence-corrected chi connectivity index (χ3v) is 5.24. The second kappa shape index (κ2) is 8.98. The van der Waals surface area contributed by atoms with E-state index < -0.39 is 23.5 Å². The van der Waals surface area contributed by atoms with Gasteiger partial charge in [0.15, 0.2) is 17.5 Å². The highest BCUT2D eigenvalue weighted by atomic mass is 19.2. The van der Waals surface area contributed by atoms with E-state index in [1.165, 1.54) is 36.5 Å². The number of fused-ring (bicyclic) bond motifs is 1. The Morgan fingerprint density at radius 3 is 2.78 bits per heavy atom. The number of nitrogen functional groups attached to an aromatic ring is 1. The Balaban J connectivity index is 1.57. The predicted molar refractivity (Wildman–Crippen MR) is 124 cm³/mol. The summed E-state index contributed by atoms with van der Waals surface area (Å²) in [5, 5.41) is 16.3. The standard InChI is InChI=1S/C22H17F3N10O/c1-2-27-22(36)31-21-29-15-7-11(14(24)8-16(15)30-21)10-6-12(19(26)28-9-10)20-32-33-34-35(20)17-5-3-4-13(23)18(17)25/h3-9H,2H2,1H3,(H2,26,28)(H3,27,29,30,31,36). The molecule has 14 heteroatoms. The monoisotopic (exact) mass is 494 g/mol. The normalized spacial score (nSPS) is 11.1. The van der Waals surface area contributed by atoms with Crippen LogP contribution in [0.1, 0.15) is 6.92 Å². The molecule has 36 heavy (non-hydrogen) atoms. The van der Waals surface area contributed by atoms with Crippen LogP contribution in [0.4, 0.5) is 29.7 Å². The van der Waals surface area contributed by atoms with Crippen molar-refractivity contribution in [2.45, 2.75) is 6.92 Å². The molecule has 5 N–H and O–H groups in total. The van der Waals surface area contributed by atoms with Crippen LogP contribution in [-0.4, -0.2) is 47.7 Å². The summed E-state index contributed by atoms with van der Waals surface area (Å²) in [6.07, 6.45) is 1.35. The second-order valence-electron chi connectivity index (χ2n) is 7.56. The summed E-state index contributed by atoms with van der Waals surface area (Å²) >= 11 is 0. The number of aromatic amines is 1. The number of amides is 2. The first kappa shape index (κ1) is 22.8. The molecular formula is C22H17F3N10O.